The van der Waals surface area contributed by atoms with Crippen molar-refractivity contribution >= 4 is 0 Å². The Morgan fingerprint density at radius 3 is 2.81 bits per heavy atom. The van der Waals surface area contributed by atoms with Gasteiger partial charge in [-0.05, 0) is 31.8 Å². The number of rotatable bonds is 7. The van der Waals surface area contributed by atoms with Crippen molar-refractivity contribution in [2.24, 2.45) is 7.05 Å². The molecule has 114 valence electrons. The number of ether oxygens (including phenoxy) is 1. The number of nitrogens with one attached hydrogen (secondary N) is 1. The molecule has 1 unspecified atom stereocenters. The molecule has 0 saturated heterocycles. The standard InChI is InChI=1S/C15H23N5O/c1-19(2)15(12-6-5-7-14(8-12)21-4)11-16-9-13-10-17-18-20(13)3/h5-8,10,15-16H,9,11H2,1-4H3. The van der Waals surface area contributed by atoms with Gasteiger partial charge in [0.2, 0.25) is 0 Å². The maximum absolute atomic E-state index is 5.31. The average Bonchev–Trinajstić information content (AvgIpc) is 2.88. The highest BCUT2D eigenvalue weighted by molar-refractivity contribution is 5.30. The Bertz CT molecular complexity index is 567. The molecule has 1 atom stereocenters. The first kappa shape index (κ1) is 15.5. The van der Waals surface area contributed by atoms with Crippen LogP contribution >= 0.6 is 0 Å². The monoisotopic (exact) mass is 289 g/mol. The van der Waals surface area contributed by atoms with Crippen LogP contribution in [0.2, 0.25) is 0 Å². The van der Waals surface area contributed by atoms with Crippen molar-refractivity contribution < 1.29 is 4.74 Å². The summed E-state index contributed by atoms with van der Waals surface area (Å²) in [7, 11) is 7.75. The van der Waals surface area contributed by atoms with Crippen LogP contribution in [-0.4, -0.2) is 47.6 Å². The van der Waals surface area contributed by atoms with Crippen LogP contribution in [0.4, 0.5) is 0 Å². The van der Waals surface area contributed by atoms with E-state index >= 15 is 0 Å². The molecule has 0 aliphatic carbocycles. The van der Waals surface area contributed by atoms with Crippen LogP contribution in [0.5, 0.6) is 5.75 Å². The Balaban J connectivity index is 2.00. The van der Waals surface area contributed by atoms with E-state index < -0.39 is 0 Å². The number of likely N-dealkylation sites (N-methyl/N-ethyl adjacent to an activating group) is 1. The lowest BCUT2D eigenvalue weighted by Gasteiger charge is -2.25. The van der Waals surface area contributed by atoms with E-state index in [1.807, 2.05) is 19.2 Å². The fourth-order valence-corrected chi connectivity index (χ4v) is 2.26. The zero-order valence-electron chi connectivity index (χ0n) is 13.1. The first-order chi connectivity index (χ1) is 10.1. The Hall–Kier alpha value is -1.92. The predicted molar refractivity (Wildman–Crippen MR) is 82.1 cm³/mol. The number of aryl methyl sites for hydroxylation is 1. The van der Waals surface area contributed by atoms with E-state index in [4.69, 9.17) is 4.74 Å². The third kappa shape index (κ3) is 4.03. The number of aromatic nitrogens is 3. The summed E-state index contributed by atoms with van der Waals surface area (Å²) in [6, 6.07) is 8.47. The fraction of sp³-hybridized carbons (Fsp3) is 0.467. The van der Waals surface area contributed by atoms with Crippen molar-refractivity contribution in [1.29, 1.82) is 0 Å². The van der Waals surface area contributed by atoms with Gasteiger partial charge in [-0.15, -0.1) is 5.10 Å². The van der Waals surface area contributed by atoms with Crippen LogP contribution in [-0.2, 0) is 13.6 Å². The van der Waals surface area contributed by atoms with Gasteiger partial charge in [0.25, 0.3) is 0 Å². The van der Waals surface area contributed by atoms with Crippen LogP contribution < -0.4 is 10.1 Å². The van der Waals surface area contributed by atoms with Gasteiger partial charge < -0.3 is 15.0 Å². The molecule has 0 spiro atoms. The molecular formula is C15H23N5O. The van der Waals surface area contributed by atoms with Crippen molar-refractivity contribution in [1.82, 2.24) is 25.2 Å². The summed E-state index contributed by atoms with van der Waals surface area (Å²) in [5, 5.41) is 11.3. The smallest absolute Gasteiger partial charge is 0.119 e. The summed E-state index contributed by atoms with van der Waals surface area (Å²) >= 11 is 0. The van der Waals surface area contributed by atoms with Gasteiger partial charge in [-0.1, -0.05) is 17.3 Å². The predicted octanol–water partition coefficient (Wildman–Crippen LogP) is 1.22. The summed E-state index contributed by atoms with van der Waals surface area (Å²) in [6.07, 6.45) is 1.78. The number of benzene rings is 1. The lowest BCUT2D eigenvalue weighted by Crippen LogP contribution is -2.31. The number of hydrogen-bond donors (Lipinski definition) is 1. The summed E-state index contributed by atoms with van der Waals surface area (Å²) in [6.45, 7) is 1.59. The molecule has 21 heavy (non-hydrogen) atoms. The molecule has 0 fully saturated rings. The second-order valence-corrected chi connectivity index (χ2v) is 5.24. The van der Waals surface area contributed by atoms with Crippen molar-refractivity contribution in [3.63, 3.8) is 0 Å². The molecule has 1 aromatic heterocycles. The van der Waals surface area contributed by atoms with E-state index in [0.29, 0.717) is 0 Å². The van der Waals surface area contributed by atoms with Crippen LogP contribution in [0.3, 0.4) is 0 Å². The van der Waals surface area contributed by atoms with Crippen LogP contribution in [0.15, 0.2) is 30.5 Å². The first-order valence-corrected chi connectivity index (χ1v) is 6.96. The molecule has 0 saturated carbocycles. The highest BCUT2D eigenvalue weighted by Gasteiger charge is 2.14. The van der Waals surface area contributed by atoms with Crippen molar-refractivity contribution in [2.45, 2.75) is 12.6 Å². The van der Waals surface area contributed by atoms with Crippen LogP contribution in [0, 0.1) is 0 Å². The summed E-state index contributed by atoms with van der Waals surface area (Å²) in [4.78, 5) is 2.20. The summed E-state index contributed by atoms with van der Waals surface area (Å²) in [5.41, 5.74) is 2.30. The molecule has 1 N–H and O–H groups in total. The van der Waals surface area contributed by atoms with Crippen LogP contribution in [0.1, 0.15) is 17.3 Å². The molecule has 6 heteroatoms. The molecule has 2 aromatic rings. The lowest BCUT2D eigenvalue weighted by molar-refractivity contribution is 0.286. The fourth-order valence-electron chi connectivity index (χ4n) is 2.26. The molecule has 0 bridgehead atoms. The maximum Gasteiger partial charge on any atom is 0.119 e. The van der Waals surface area contributed by atoms with E-state index in [9.17, 15) is 0 Å². The molecule has 1 heterocycles. The molecule has 0 radical (unpaired) electrons. The highest BCUT2D eigenvalue weighted by Crippen LogP contribution is 2.22. The van der Waals surface area contributed by atoms with Crippen molar-refractivity contribution in [3.05, 3.63) is 41.7 Å². The number of methoxy groups -OCH3 is 1. The van der Waals surface area contributed by atoms with Gasteiger partial charge in [-0.2, -0.15) is 0 Å². The lowest BCUT2D eigenvalue weighted by atomic mass is 10.1. The first-order valence-electron chi connectivity index (χ1n) is 6.96. The molecular weight excluding hydrogens is 266 g/mol. The minimum Gasteiger partial charge on any atom is -0.497 e. The van der Waals surface area contributed by atoms with E-state index in [1.165, 1.54) is 5.56 Å². The van der Waals surface area contributed by atoms with Crippen molar-refractivity contribution in [3.8, 4) is 5.75 Å². The SMILES string of the molecule is COc1cccc(C(CNCc2cnnn2C)N(C)C)c1. The van der Waals surface area contributed by atoms with Crippen molar-refractivity contribution in [2.75, 3.05) is 27.7 Å². The third-order valence-corrected chi connectivity index (χ3v) is 3.55. The largest absolute Gasteiger partial charge is 0.497 e. The van der Waals surface area contributed by atoms with Gasteiger partial charge in [0.05, 0.1) is 19.0 Å². The Kier molecular flexibility index (Phi) is 5.30. The average molecular weight is 289 g/mol. The van der Waals surface area contributed by atoms with E-state index in [2.05, 4.69) is 46.8 Å². The van der Waals surface area contributed by atoms with Gasteiger partial charge >= 0.3 is 0 Å². The summed E-state index contributed by atoms with van der Waals surface area (Å²) < 4.78 is 7.09. The topological polar surface area (TPSA) is 55.2 Å². The molecule has 1 aromatic carbocycles. The molecule has 0 amide bonds. The zero-order chi connectivity index (χ0) is 15.2. The van der Waals surface area contributed by atoms with Gasteiger partial charge in [0.1, 0.15) is 5.75 Å². The van der Waals surface area contributed by atoms with Gasteiger partial charge in [-0.25, -0.2) is 0 Å². The number of hydrogen-bond acceptors (Lipinski definition) is 5. The Morgan fingerprint density at radius 1 is 1.38 bits per heavy atom. The van der Waals surface area contributed by atoms with Gasteiger partial charge in [0.15, 0.2) is 0 Å². The highest BCUT2D eigenvalue weighted by atomic mass is 16.5. The molecule has 0 aliphatic heterocycles. The molecule has 6 nitrogen and oxygen atoms in total. The van der Waals surface area contributed by atoms with E-state index in [-0.39, 0.29) is 6.04 Å². The maximum atomic E-state index is 5.31. The van der Waals surface area contributed by atoms with E-state index in [1.54, 1.807) is 18.0 Å². The number of nitrogens with zero attached hydrogens (tertiary/aromatic N) is 4. The molecule has 2 rings (SSSR count). The van der Waals surface area contributed by atoms with Crippen LogP contribution in [0.25, 0.3) is 0 Å². The van der Waals surface area contributed by atoms with E-state index in [0.717, 1.165) is 24.5 Å². The second-order valence-electron chi connectivity index (χ2n) is 5.24. The second kappa shape index (κ2) is 7.19. The minimum atomic E-state index is 0.279. The summed E-state index contributed by atoms with van der Waals surface area (Å²) in [5.74, 6) is 0.884. The minimum absolute atomic E-state index is 0.279. The third-order valence-electron chi connectivity index (χ3n) is 3.55. The Labute approximate surface area is 125 Å². The normalized spacial score (nSPS) is 12.6. The van der Waals surface area contributed by atoms with Gasteiger partial charge in [0, 0.05) is 26.2 Å². The Morgan fingerprint density at radius 2 is 2.19 bits per heavy atom. The van der Waals surface area contributed by atoms with Gasteiger partial charge in [-0.3, -0.25) is 4.68 Å². The molecule has 0 aliphatic rings. The quantitative estimate of drug-likeness (QED) is 0.830. The zero-order valence-corrected chi connectivity index (χ0v) is 13.1.